The Balaban J connectivity index is 2.05. The molecule has 0 spiro atoms. The molecule has 4 nitrogen and oxygen atoms in total. The van der Waals surface area contributed by atoms with Gasteiger partial charge in [0.2, 0.25) is 0 Å². The molecule has 0 aromatic heterocycles. The van der Waals surface area contributed by atoms with Gasteiger partial charge in [-0.3, -0.25) is 4.79 Å². The summed E-state index contributed by atoms with van der Waals surface area (Å²) in [7, 11) is 0. The van der Waals surface area contributed by atoms with E-state index in [-0.39, 0.29) is 23.8 Å². The van der Waals surface area contributed by atoms with Crippen LogP contribution in [0.1, 0.15) is 20.8 Å². The highest BCUT2D eigenvalue weighted by Gasteiger charge is 2.13. The van der Waals surface area contributed by atoms with Gasteiger partial charge in [0.15, 0.2) is 6.61 Å². The van der Waals surface area contributed by atoms with E-state index < -0.39 is 0 Å². The van der Waals surface area contributed by atoms with Crippen molar-refractivity contribution in [1.29, 1.82) is 0 Å². The van der Waals surface area contributed by atoms with Gasteiger partial charge >= 0.3 is 0 Å². The first-order chi connectivity index (χ1) is 9.33. The molecule has 0 bridgehead atoms. The molecule has 0 aliphatic carbocycles. The summed E-state index contributed by atoms with van der Waals surface area (Å²) in [6, 6.07) is 10.6. The SMILES string of the molecule is CC(C)(C)NC(=O)COc1ccc2ccc(O)cc2c1. The number of amides is 1. The maximum Gasteiger partial charge on any atom is 0.258 e. The summed E-state index contributed by atoms with van der Waals surface area (Å²) < 4.78 is 5.47. The van der Waals surface area contributed by atoms with Gasteiger partial charge in [-0.15, -0.1) is 0 Å². The Bertz CT molecular complexity index is 629. The van der Waals surface area contributed by atoms with E-state index in [9.17, 15) is 9.90 Å². The van der Waals surface area contributed by atoms with Crippen molar-refractivity contribution in [3.05, 3.63) is 36.4 Å². The topological polar surface area (TPSA) is 58.6 Å². The number of rotatable bonds is 3. The second-order valence-corrected chi connectivity index (χ2v) is 5.78. The van der Waals surface area contributed by atoms with Crippen LogP contribution in [0.25, 0.3) is 10.8 Å². The molecular weight excluding hydrogens is 254 g/mol. The van der Waals surface area contributed by atoms with Gasteiger partial charge in [0.1, 0.15) is 11.5 Å². The van der Waals surface area contributed by atoms with Crippen molar-refractivity contribution in [1.82, 2.24) is 5.32 Å². The minimum atomic E-state index is -0.268. The second-order valence-electron chi connectivity index (χ2n) is 5.78. The number of nitrogens with one attached hydrogen (secondary N) is 1. The number of hydrogen-bond acceptors (Lipinski definition) is 3. The van der Waals surface area contributed by atoms with E-state index >= 15 is 0 Å². The predicted molar refractivity (Wildman–Crippen MR) is 79.0 cm³/mol. The van der Waals surface area contributed by atoms with Crippen LogP contribution < -0.4 is 10.1 Å². The lowest BCUT2D eigenvalue weighted by molar-refractivity contribution is -0.124. The van der Waals surface area contributed by atoms with Crippen molar-refractivity contribution in [2.45, 2.75) is 26.3 Å². The van der Waals surface area contributed by atoms with Crippen LogP contribution >= 0.6 is 0 Å². The van der Waals surface area contributed by atoms with Gasteiger partial charge in [0.05, 0.1) is 0 Å². The number of phenols is 1. The number of benzene rings is 2. The minimum absolute atomic E-state index is 0.0262. The average molecular weight is 273 g/mol. The summed E-state index contributed by atoms with van der Waals surface area (Å²) in [5, 5.41) is 14.2. The second kappa shape index (κ2) is 5.41. The van der Waals surface area contributed by atoms with Crippen molar-refractivity contribution in [3.8, 4) is 11.5 Å². The monoisotopic (exact) mass is 273 g/mol. The van der Waals surface area contributed by atoms with Gasteiger partial charge in [0, 0.05) is 5.54 Å². The van der Waals surface area contributed by atoms with Crippen LogP contribution in [-0.2, 0) is 4.79 Å². The van der Waals surface area contributed by atoms with E-state index in [1.165, 1.54) is 0 Å². The molecule has 0 aliphatic rings. The lowest BCUT2D eigenvalue weighted by Gasteiger charge is -2.20. The number of fused-ring (bicyclic) bond motifs is 1. The molecule has 20 heavy (non-hydrogen) atoms. The van der Waals surface area contributed by atoms with Crippen LogP contribution in [0.3, 0.4) is 0 Å². The molecule has 0 fully saturated rings. The minimum Gasteiger partial charge on any atom is -0.508 e. The Morgan fingerprint density at radius 3 is 2.55 bits per heavy atom. The molecule has 0 saturated heterocycles. The third-order valence-corrected chi connectivity index (χ3v) is 2.68. The quantitative estimate of drug-likeness (QED) is 0.904. The third kappa shape index (κ3) is 3.88. The molecule has 0 heterocycles. The van der Waals surface area contributed by atoms with Crippen LogP contribution in [0, 0.1) is 0 Å². The number of ether oxygens (including phenoxy) is 1. The van der Waals surface area contributed by atoms with Crippen LogP contribution in [0.5, 0.6) is 11.5 Å². The Labute approximate surface area is 118 Å². The molecule has 2 rings (SSSR count). The summed E-state index contributed by atoms with van der Waals surface area (Å²) in [4.78, 5) is 11.7. The molecule has 4 heteroatoms. The van der Waals surface area contributed by atoms with Gasteiger partial charge in [-0.1, -0.05) is 12.1 Å². The maximum atomic E-state index is 11.7. The van der Waals surface area contributed by atoms with Crippen LogP contribution in [0.15, 0.2) is 36.4 Å². The molecule has 106 valence electrons. The van der Waals surface area contributed by atoms with Gasteiger partial charge in [-0.2, -0.15) is 0 Å². The average Bonchev–Trinajstić information content (AvgIpc) is 2.33. The third-order valence-electron chi connectivity index (χ3n) is 2.68. The van der Waals surface area contributed by atoms with Gasteiger partial charge < -0.3 is 15.2 Å². The fraction of sp³-hybridized carbons (Fsp3) is 0.312. The fourth-order valence-electron chi connectivity index (χ4n) is 1.91. The van der Waals surface area contributed by atoms with Crippen LogP contribution in [0.2, 0.25) is 0 Å². The number of aromatic hydroxyl groups is 1. The smallest absolute Gasteiger partial charge is 0.258 e. The van der Waals surface area contributed by atoms with Crippen molar-refractivity contribution in [3.63, 3.8) is 0 Å². The lowest BCUT2D eigenvalue weighted by atomic mass is 10.1. The first-order valence-electron chi connectivity index (χ1n) is 6.50. The summed E-state index contributed by atoms with van der Waals surface area (Å²) in [5.74, 6) is 0.654. The van der Waals surface area contributed by atoms with Crippen molar-refractivity contribution in [2.75, 3.05) is 6.61 Å². The molecule has 0 unspecified atom stereocenters. The highest BCUT2D eigenvalue weighted by molar-refractivity contribution is 5.85. The molecule has 0 radical (unpaired) electrons. The lowest BCUT2D eigenvalue weighted by Crippen LogP contribution is -2.43. The maximum absolute atomic E-state index is 11.7. The molecule has 0 aliphatic heterocycles. The Hall–Kier alpha value is -2.23. The van der Waals surface area contributed by atoms with Crippen LogP contribution in [0.4, 0.5) is 0 Å². The van der Waals surface area contributed by atoms with Crippen molar-refractivity contribution >= 4 is 16.7 Å². The molecular formula is C16H19NO3. The van der Waals surface area contributed by atoms with Crippen molar-refractivity contribution in [2.24, 2.45) is 0 Å². The van der Waals surface area contributed by atoms with Gasteiger partial charge in [-0.25, -0.2) is 0 Å². The first kappa shape index (κ1) is 14.2. The van der Waals surface area contributed by atoms with Crippen molar-refractivity contribution < 1.29 is 14.6 Å². The summed E-state index contributed by atoms with van der Waals surface area (Å²) in [5.41, 5.74) is -0.268. The normalized spacial score (nSPS) is 11.3. The molecule has 1 amide bonds. The molecule has 2 N–H and O–H groups in total. The van der Waals surface area contributed by atoms with Gasteiger partial charge in [-0.05, 0) is 55.8 Å². The summed E-state index contributed by atoms with van der Waals surface area (Å²) in [6.45, 7) is 5.73. The standard InChI is InChI=1S/C16H19NO3/c1-16(2,3)17-15(19)10-20-14-7-5-11-4-6-13(18)8-12(11)9-14/h4-9,18H,10H2,1-3H3,(H,17,19). The zero-order chi connectivity index (χ0) is 14.8. The largest absolute Gasteiger partial charge is 0.508 e. The summed E-state index contributed by atoms with van der Waals surface area (Å²) >= 11 is 0. The van der Waals surface area contributed by atoms with E-state index in [1.807, 2.05) is 39.0 Å². The first-order valence-corrected chi connectivity index (χ1v) is 6.50. The fourth-order valence-corrected chi connectivity index (χ4v) is 1.91. The van der Waals surface area contributed by atoms with E-state index in [4.69, 9.17) is 4.74 Å². The zero-order valence-corrected chi connectivity index (χ0v) is 11.9. The summed E-state index contributed by atoms with van der Waals surface area (Å²) in [6.07, 6.45) is 0. The molecule has 0 atom stereocenters. The molecule has 2 aromatic rings. The number of phenolic OH excluding ortho intramolecular Hbond substituents is 1. The van der Waals surface area contributed by atoms with Gasteiger partial charge in [0.25, 0.3) is 5.91 Å². The Morgan fingerprint density at radius 2 is 1.85 bits per heavy atom. The van der Waals surface area contributed by atoms with E-state index in [0.717, 1.165) is 10.8 Å². The Kier molecular flexibility index (Phi) is 3.84. The molecule has 0 saturated carbocycles. The van der Waals surface area contributed by atoms with E-state index in [0.29, 0.717) is 5.75 Å². The zero-order valence-electron chi connectivity index (χ0n) is 11.9. The number of hydrogen-bond donors (Lipinski definition) is 2. The predicted octanol–water partition coefficient (Wildman–Crippen LogP) is 2.84. The molecule has 2 aromatic carbocycles. The van der Waals surface area contributed by atoms with Crippen LogP contribution in [-0.4, -0.2) is 23.2 Å². The van der Waals surface area contributed by atoms with E-state index in [1.54, 1.807) is 18.2 Å². The number of carbonyl (C=O) groups excluding carboxylic acids is 1. The van der Waals surface area contributed by atoms with E-state index in [2.05, 4.69) is 5.32 Å². The highest BCUT2D eigenvalue weighted by Crippen LogP contribution is 2.24. The highest BCUT2D eigenvalue weighted by atomic mass is 16.5. The Morgan fingerprint density at radius 1 is 1.15 bits per heavy atom. The number of carbonyl (C=O) groups is 1.